The van der Waals surface area contributed by atoms with Crippen molar-refractivity contribution in [3.05, 3.63) is 29.8 Å². The van der Waals surface area contributed by atoms with Crippen molar-refractivity contribution in [1.82, 2.24) is 5.32 Å². The molecule has 1 amide bonds. The van der Waals surface area contributed by atoms with E-state index in [4.69, 9.17) is 4.74 Å². The van der Waals surface area contributed by atoms with Crippen LogP contribution in [-0.2, 0) is 14.3 Å². The highest BCUT2D eigenvalue weighted by Crippen LogP contribution is 2.61. The predicted molar refractivity (Wildman–Crippen MR) is 111 cm³/mol. The number of hydrogen-bond donors (Lipinski definition) is 1. The van der Waals surface area contributed by atoms with E-state index in [-0.39, 0.29) is 23.9 Å². The van der Waals surface area contributed by atoms with Crippen LogP contribution in [0.3, 0.4) is 0 Å². The first-order valence-corrected chi connectivity index (χ1v) is 11.6. The topological polar surface area (TPSA) is 55.4 Å². The number of ether oxygens (including phenoxy) is 1. The minimum Gasteiger partial charge on any atom is -0.456 e. The van der Waals surface area contributed by atoms with Crippen molar-refractivity contribution in [2.24, 2.45) is 23.2 Å². The van der Waals surface area contributed by atoms with Crippen LogP contribution in [0.15, 0.2) is 29.2 Å². The molecule has 0 aromatic heterocycles. The Morgan fingerprint density at radius 1 is 1.07 bits per heavy atom. The molecule has 4 aliphatic carbocycles. The van der Waals surface area contributed by atoms with Gasteiger partial charge < -0.3 is 10.1 Å². The van der Waals surface area contributed by atoms with E-state index in [2.05, 4.69) is 36.5 Å². The number of rotatable bonds is 8. The molecule has 0 radical (unpaired) electrons. The fourth-order valence-electron chi connectivity index (χ4n) is 6.05. The molecule has 0 aliphatic heterocycles. The average molecular weight is 402 g/mol. The molecule has 1 aromatic carbocycles. The fourth-order valence-corrected chi connectivity index (χ4v) is 6.82. The Kier molecular flexibility index (Phi) is 6.00. The van der Waals surface area contributed by atoms with E-state index in [1.807, 2.05) is 0 Å². The molecule has 0 heterocycles. The van der Waals surface area contributed by atoms with Gasteiger partial charge in [0, 0.05) is 17.2 Å². The number of benzene rings is 1. The van der Waals surface area contributed by atoms with Gasteiger partial charge >= 0.3 is 5.97 Å². The number of amides is 1. The maximum Gasteiger partial charge on any atom is 0.306 e. The highest BCUT2D eigenvalue weighted by molar-refractivity contribution is 7.99. The van der Waals surface area contributed by atoms with Crippen LogP contribution in [-0.4, -0.2) is 30.8 Å². The van der Waals surface area contributed by atoms with Crippen molar-refractivity contribution in [2.45, 2.75) is 56.8 Å². The number of esters is 1. The van der Waals surface area contributed by atoms with Crippen molar-refractivity contribution < 1.29 is 14.3 Å². The minimum absolute atomic E-state index is 0.152. The van der Waals surface area contributed by atoms with Gasteiger partial charge in [0.2, 0.25) is 0 Å². The highest BCUT2D eigenvalue weighted by Gasteiger charge is 2.51. The molecule has 5 heteroatoms. The van der Waals surface area contributed by atoms with Gasteiger partial charge in [0.1, 0.15) is 0 Å². The maximum absolute atomic E-state index is 12.4. The second kappa shape index (κ2) is 8.48. The van der Waals surface area contributed by atoms with Gasteiger partial charge in [-0.3, -0.25) is 9.59 Å². The summed E-state index contributed by atoms with van der Waals surface area (Å²) < 4.78 is 5.31. The van der Waals surface area contributed by atoms with E-state index < -0.39 is 0 Å². The average Bonchev–Trinajstić information content (AvgIpc) is 2.63. The highest BCUT2D eigenvalue weighted by atomic mass is 32.2. The van der Waals surface area contributed by atoms with Crippen LogP contribution in [0.4, 0.5) is 0 Å². The number of hydrogen-bond acceptors (Lipinski definition) is 4. The van der Waals surface area contributed by atoms with E-state index >= 15 is 0 Å². The van der Waals surface area contributed by atoms with E-state index in [0.717, 1.165) is 23.5 Å². The second-order valence-electron chi connectivity index (χ2n) is 9.27. The zero-order valence-corrected chi connectivity index (χ0v) is 17.6. The van der Waals surface area contributed by atoms with E-state index in [9.17, 15) is 9.59 Å². The monoisotopic (exact) mass is 401 g/mol. The van der Waals surface area contributed by atoms with Gasteiger partial charge in [-0.1, -0.05) is 17.7 Å². The van der Waals surface area contributed by atoms with Crippen LogP contribution >= 0.6 is 11.8 Å². The minimum atomic E-state index is -0.205. The SMILES string of the molecule is Cc1ccc(SCCNC(=O)COC(=O)CC23CC4CC(CC(C4)C2)C3)cc1. The number of thioether (sulfide) groups is 1. The van der Waals surface area contributed by atoms with E-state index in [0.29, 0.717) is 13.0 Å². The largest absolute Gasteiger partial charge is 0.456 e. The molecule has 28 heavy (non-hydrogen) atoms. The smallest absolute Gasteiger partial charge is 0.306 e. The van der Waals surface area contributed by atoms with Crippen LogP contribution in [0.1, 0.15) is 50.5 Å². The standard InChI is InChI=1S/C23H31NO3S/c1-16-2-4-20(5-3-16)28-7-6-24-21(25)15-27-22(26)14-23-11-17-8-18(12-23)10-19(9-17)13-23/h2-5,17-19H,6-15H2,1H3,(H,24,25). The lowest BCUT2D eigenvalue weighted by Gasteiger charge is -2.56. The fraction of sp³-hybridized carbons (Fsp3) is 0.652. The molecule has 4 nitrogen and oxygen atoms in total. The van der Waals surface area contributed by atoms with Gasteiger partial charge in [-0.2, -0.15) is 0 Å². The molecule has 0 saturated heterocycles. The van der Waals surface area contributed by atoms with Crippen LogP contribution in [0, 0.1) is 30.1 Å². The van der Waals surface area contributed by atoms with Crippen molar-refractivity contribution in [1.29, 1.82) is 0 Å². The summed E-state index contributed by atoms with van der Waals surface area (Å²) in [4.78, 5) is 25.5. The molecule has 0 unspecified atom stereocenters. The molecule has 0 spiro atoms. The lowest BCUT2D eigenvalue weighted by Crippen LogP contribution is -2.47. The Labute approximate surface area is 172 Å². The van der Waals surface area contributed by atoms with Crippen molar-refractivity contribution in [3.8, 4) is 0 Å². The van der Waals surface area contributed by atoms with Crippen LogP contribution in [0.2, 0.25) is 0 Å². The number of carbonyl (C=O) groups excluding carboxylic acids is 2. The van der Waals surface area contributed by atoms with E-state index in [1.165, 1.54) is 49.0 Å². The molecule has 4 fully saturated rings. The Hall–Kier alpha value is -1.49. The zero-order valence-electron chi connectivity index (χ0n) is 16.7. The molecule has 4 bridgehead atoms. The number of nitrogens with one attached hydrogen (secondary N) is 1. The Morgan fingerprint density at radius 2 is 1.68 bits per heavy atom. The maximum atomic E-state index is 12.4. The molecule has 5 rings (SSSR count). The molecule has 152 valence electrons. The molecule has 4 saturated carbocycles. The van der Waals surface area contributed by atoms with Crippen molar-refractivity contribution in [2.75, 3.05) is 18.9 Å². The first-order chi connectivity index (χ1) is 13.5. The third kappa shape index (κ3) is 4.91. The molecular weight excluding hydrogens is 370 g/mol. The molecule has 1 N–H and O–H groups in total. The van der Waals surface area contributed by atoms with Gasteiger partial charge in [0.15, 0.2) is 6.61 Å². The van der Waals surface area contributed by atoms with Crippen molar-refractivity contribution in [3.63, 3.8) is 0 Å². The van der Waals surface area contributed by atoms with Gasteiger partial charge in [0.25, 0.3) is 5.91 Å². The summed E-state index contributed by atoms with van der Waals surface area (Å²) in [5.74, 6) is 2.89. The quantitative estimate of drug-likeness (QED) is 0.400. The van der Waals surface area contributed by atoms with Gasteiger partial charge in [-0.25, -0.2) is 0 Å². The third-order valence-corrected chi connectivity index (χ3v) is 7.78. The molecule has 0 atom stereocenters. The first-order valence-electron chi connectivity index (χ1n) is 10.6. The zero-order chi connectivity index (χ0) is 19.6. The van der Waals surface area contributed by atoms with Crippen LogP contribution in [0.25, 0.3) is 0 Å². The third-order valence-electron chi connectivity index (χ3n) is 6.76. The summed E-state index contributed by atoms with van der Waals surface area (Å²) in [5, 5.41) is 2.84. The molecule has 1 aromatic rings. The second-order valence-corrected chi connectivity index (χ2v) is 10.4. The summed E-state index contributed by atoms with van der Waals surface area (Å²) in [7, 11) is 0. The number of carbonyl (C=O) groups is 2. The van der Waals surface area contributed by atoms with Gasteiger partial charge in [-0.05, 0) is 80.8 Å². The van der Waals surface area contributed by atoms with Gasteiger partial charge in [-0.15, -0.1) is 11.8 Å². The summed E-state index contributed by atoms with van der Waals surface area (Å²) in [6.07, 6.45) is 8.20. The Balaban J connectivity index is 1.13. The number of aryl methyl sites for hydroxylation is 1. The molecule has 4 aliphatic rings. The van der Waals surface area contributed by atoms with Crippen LogP contribution in [0.5, 0.6) is 0 Å². The Bertz CT molecular complexity index is 680. The van der Waals surface area contributed by atoms with E-state index in [1.54, 1.807) is 11.8 Å². The van der Waals surface area contributed by atoms with Crippen LogP contribution < -0.4 is 5.32 Å². The first kappa shape index (κ1) is 19.8. The lowest BCUT2D eigenvalue weighted by atomic mass is 9.49. The van der Waals surface area contributed by atoms with Gasteiger partial charge in [0.05, 0.1) is 6.42 Å². The predicted octanol–water partition coefficient (Wildman–Crippen LogP) is 4.35. The summed E-state index contributed by atoms with van der Waals surface area (Å²) in [5.41, 5.74) is 1.42. The normalized spacial score (nSPS) is 30.2. The summed E-state index contributed by atoms with van der Waals surface area (Å²) in [6.45, 7) is 2.49. The Morgan fingerprint density at radius 3 is 2.29 bits per heavy atom. The molecular formula is C23H31NO3S. The lowest BCUT2D eigenvalue weighted by molar-refractivity contribution is -0.155. The summed E-state index contributed by atoms with van der Waals surface area (Å²) >= 11 is 1.71. The summed E-state index contributed by atoms with van der Waals surface area (Å²) in [6, 6.07) is 8.36. The van der Waals surface area contributed by atoms with Crippen molar-refractivity contribution >= 4 is 23.6 Å².